The zero-order chi connectivity index (χ0) is 13.7. The molecule has 0 fully saturated rings. The quantitative estimate of drug-likeness (QED) is 0.880. The third kappa shape index (κ3) is 3.57. The van der Waals surface area contributed by atoms with E-state index in [4.69, 9.17) is 5.26 Å². The van der Waals surface area contributed by atoms with Crippen molar-refractivity contribution in [3.63, 3.8) is 0 Å². The van der Waals surface area contributed by atoms with Gasteiger partial charge in [-0.25, -0.2) is 4.79 Å². The second-order valence-electron chi connectivity index (χ2n) is 3.74. The molecule has 19 heavy (non-hydrogen) atoms. The minimum absolute atomic E-state index is 0.384. The molecule has 4 nitrogen and oxygen atoms in total. The van der Waals surface area contributed by atoms with Gasteiger partial charge in [-0.2, -0.15) is 5.26 Å². The Morgan fingerprint density at radius 2 is 1.74 bits per heavy atom. The van der Waals surface area contributed by atoms with Gasteiger partial charge in [0.05, 0.1) is 11.3 Å². The highest BCUT2D eigenvalue weighted by molar-refractivity contribution is 9.10. The molecule has 0 heterocycles. The fraction of sp³-hybridized carbons (Fsp3) is 0. The number of hydrogen-bond acceptors (Lipinski definition) is 2. The van der Waals surface area contributed by atoms with Gasteiger partial charge in [-0.1, -0.05) is 28.1 Å². The molecule has 0 atom stereocenters. The van der Waals surface area contributed by atoms with Crippen molar-refractivity contribution in [3.8, 4) is 6.07 Å². The van der Waals surface area contributed by atoms with E-state index < -0.39 is 0 Å². The van der Waals surface area contributed by atoms with Crippen LogP contribution in [0.3, 0.4) is 0 Å². The SMILES string of the molecule is N#Cc1ccccc1NC(=O)Nc1ccc(Br)cc1. The van der Waals surface area contributed by atoms with Crippen LogP contribution >= 0.6 is 15.9 Å². The Morgan fingerprint density at radius 1 is 1.05 bits per heavy atom. The zero-order valence-corrected chi connectivity index (χ0v) is 11.4. The molecule has 5 heteroatoms. The molecule has 0 bridgehead atoms. The van der Waals surface area contributed by atoms with E-state index in [0.29, 0.717) is 16.9 Å². The largest absolute Gasteiger partial charge is 0.323 e. The molecule has 2 aromatic carbocycles. The Balaban J connectivity index is 2.06. The topological polar surface area (TPSA) is 64.9 Å². The van der Waals surface area contributed by atoms with Crippen LogP contribution in [0.15, 0.2) is 53.0 Å². The molecular formula is C14H10BrN3O. The third-order valence-corrected chi connectivity index (χ3v) is 2.93. The predicted octanol–water partition coefficient (Wildman–Crippen LogP) is 3.96. The lowest BCUT2D eigenvalue weighted by atomic mass is 10.2. The number of carbonyl (C=O) groups excluding carboxylic acids is 1. The molecule has 0 unspecified atom stereocenters. The summed E-state index contributed by atoms with van der Waals surface area (Å²) < 4.78 is 0.938. The molecule has 0 aliphatic carbocycles. The van der Waals surface area contributed by atoms with Crippen LogP contribution in [0.4, 0.5) is 16.2 Å². The number of halogens is 1. The molecule has 0 aliphatic heterocycles. The van der Waals surface area contributed by atoms with E-state index in [1.807, 2.05) is 18.2 Å². The number of nitriles is 1. The first-order valence-electron chi connectivity index (χ1n) is 5.52. The van der Waals surface area contributed by atoms with Crippen LogP contribution in [0.2, 0.25) is 0 Å². The average molecular weight is 316 g/mol. The Hall–Kier alpha value is -2.32. The average Bonchev–Trinajstić information content (AvgIpc) is 2.42. The monoisotopic (exact) mass is 315 g/mol. The number of urea groups is 1. The van der Waals surface area contributed by atoms with Crippen molar-refractivity contribution in [2.24, 2.45) is 0 Å². The molecule has 2 rings (SSSR count). The van der Waals surface area contributed by atoms with Gasteiger partial charge in [0.2, 0.25) is 0 Å². The van der Waals surface area contributed by atoms with Gasteiger partial charge in [0, 0.05) is 10.2 Å². The van der Waals surface area contributed by atoms with E-state index in [1.54, 1.807) is 36.4 Å². The van der Waals surface area contributed by atoms with E-state index in [2.05, 4.69) is 26.6 Å². The van der Waals surface area contributed by atoms with E-state index in [9.17, 15) is 4.79 Å². The summed E-state index contributed by atoms with van der Waals surface area (Å²) in [6.07, 6.45) is 0. The van der Waals surface area contributed by atoms with Gasteiger partial charge in [0.25, 0.3) is 0 Å². The van der Waals surface area contributed by atoms with Crippen molar-refractivity contribution in [1.82, 2.24) is 0 Å². The lowest BCUT2D eigenvalue weighted by Crippen LogP contribution is -2.19. The van der Waals surface area contributed by atoms with Gasteiger partial charge >= 0.3 is 6.03 Å². The number of rotatable bonds is 2. The highest BCUT2D eigenvalue weighted by Gasteiger charge is 2.05. The van der Waals surface area contributed by atoms with Crippen molar-refractivity contribution < 1.29 is 4.79 Å². The maximum atomic E-state index is 11.8. The second kappa shape index (κ2) is 6.03. The summed E-state index contributed by atoms with van der Waals surface area (Å²) in [4.78, 5) is 11.8. The number of amides is 2. The summed E-state index contributed by atoms with van der Waals surface area (Å²) in [5.41, 5.74) is 1.59. The van der Waals surface area contributed by atoms with Crippen molar-refractivity contribution in [3.05, 3.63) is 58.6 Å². The van der Waals surface area contributed by atoms with Crippen LogP contribution in [0.5, 0.6) is 0 Å². The van der Waals surface area contributed by atoms with Crippen molar-refractivity contribution in [2.75, 3.05) is 10.6 Å². The molecule has 2 N–H and O–H groups in total. The van der Waals surface area contributed by atoms with Crippen molar-refractivity contribution >= 4 is 33.3 Å². The number of anilines is 2. The number of carbonyl (C=O) groups is 1. The number of para-hydroxylation sites is 1. The van der Waals surface area contributed by atoms with Gasteiger partial charge in [-0.15, -0.1) is 0 Å². The molecule has 2 amide bonds. The molecule has 0 radical (unpaired) electrons. The van der Waals surface area contributed by atoms with Crippen molar-refractivity contribution in [1.29, 1.82) is 5.26 Å². The van der Waals surface area contributed by atoms with Gasteiger partial charge in [-0.05, 0) is 36.4 Å². The zero-order valence-electron chi connectivity index (χ0n) is 9.85. The Morgan fingerprint density at radius 3 is 2.42 bits per heavy atom. The number of nitrogens with one attached hydrogen (secondary N) is 2. The highest BCUT2D eigenvalue weighted by Crippen LogP contribution is 2.16. The Labute approximate surface area is 119 Å². The molecule has 0 saturated carbocycles. The van der Waals surface area contributed by atoms with Crippen LogP contribution in [-0.4, -0.2) is 6.03 Å². The number of nitrogens with zero attached hydrogens (tertiary/aromatic N) is 1. The molecule has 2 aromatic rings. The number of benzene rings is 2. The lowest BCUT2D eigenvalue weighted by Gasteiger charge is -2.08. The van der Waals surface area contributed by atoms with Crippen LogP contribution in [0, 0.1) is 11.3 Å². The standard InChI is InChI=1S/C14H10BrN3O/c15-11-5-7-12(8-6-11)17-14(19)18-13-4-2-1-3-10(13)9-16/h1-8H,(H2,17,18,19). The van der Waals surface area contributed by atoms with Crippen LogP contribution in [0.25, 0.3) is 0 Å². The molecule has 0 aromatic heterocycles. The smallest absolute Gasteiger partial charge is 0.308 e. The first-order chi connectivity index (χ1) is 9.19. The first-order valence-corrected chi connectivity index (χ1v) is 6.31. The minimum atomic E-state index is -0.384. The van der Waals surface area contributed by atoms with E-state index >= 15 is 0 Å². The van der Waals surface area contributed by atoms with Crippen LogP contribution < -0.4 is 10.6 Å². The third-order valence-electron chi connectivity index (χ3n) is 2.40. The molecule has 94 valence electrons. The van der Waals surface area contributed by atoms with Crippen molar-refractivity contribution in [2.45, 2.75) is 0 Å². The minimum Gasteiger partial charge on any atom is -0.308 e. The normalized spacial score (nSPS) is 9.47. The second-order valence-corrected chi connectivity index (χ2v) is 4.66. The fourth-order valence-electron chi connectivity index (χ4n) is 1.51. The summed E-state index contributed by atoms with van der Waals surface area (Å²) in [5, 5.41) is 14.3. The molecule has 0 aliphatic rings. The summed E-state index contributed by atoms with van der Waals surface area (Å²) in [5.74, 6) is 0. The van der Waals surface area contributed by atoms with E-state index in [1.165, 1.54) is 0 Å². The number of hydrogen-bond donors (Lipinski definition) is 2. The Kier molecular flexibility index (Phi) is 4.16. The maximum absolute atomic E-state index is 11.8. The van der Waals surface area contributed by atoms with E-state index in [-0.39, 0.29) is 6.03 Å². The predicted molar refractivity (Wildman–Crippen MR) is 77.9 cm³/mol. The van der Waals surface area contributed by atoms with E-state index in [0.717, 1.165) is 4.47 Å². The lowest BCUT2D eigenvalue weighted by molar-refractivity contribution is 0.262. The van der Waals surface area contributed by atoms with Gasteiger partial charge < -0.3 is 10.6 Å². The molecular weight excluding hydrogens is 306 g/mol. The molecule has 0 saturated heterocycles. The fourth-order valence-corrected chi connectivity index (χ4v) is 1.77. The van der Waals surface area contributed by atoms with Gasteiger partial charge in [0.1, 0.15) is 6.07 Å². The van der Waals surface area contributed by atoms with Crippen LogP contribution in [0.1, 0.15) is 5.56 Å². The summed E-state index contributed by atoms with van der Waals surface area (Å²) >= 11 is 3.32. The first kappa shape index (κ1) is 13.1. The Bertz CT molecular complexity index is 632. The van der Waals surface area contributed by atoms with Crippen LogP contribution in [-0.2, 0) is 0 Å². The summed E-state index contributed by atoms with van der Waals surface area (Å²) in [6.45, 7) is 0. The highest BCUT2D eigenvalue weighted by atomic mass is 79.9. The van der Waals surface area contributed by atoms with Gasteiger partial charge in [-0.3, -0.25) is 0 Å². The van der Waals surface area contributed by atoms with Gasteiger partial charge in [0.15, 0.2) is 0 Å². The molecule has 0 spiro atoms. The summed E-state index contributed by atoms with van der Waals surface area (Å²) in [6, 6.07) is 15.7. The maximum Gasteiger partial charge on any atom is 0.323 e. The summed E-state index contributed by atoms with van der Waals surface area (Å²) in [7, 11) is 0.